The largest absolute Gasteiger partial charge is 0.481 e. The van der Waals surface area contributed by atoms with Crippen LogP contribution < -0.4 is 10.9 Å². The number of hydrogen-bond acceptors (Lipinski definition) is 11. The number of primary sulfonamides is 1. The van der Waals surface area contributed by atoms with Crippen LogP contribution in [0.1, 0.15) is 84.1 Å². The summed E-state index contributed by atoms with van der Waals surface area (Å²) in [6.45, 7) is 6.46. The molecule has 0 saturated carbocycles. The second-order valence-electron chi connectivity index (χ2n) is 12.6. The normalized spacial score (nSPS) is 25.7. The average Bonchev–Trinajstić information content (AvgIpc) is 3.78. The minimum absolute atomic E-state index is 0.0160. The van der Waals surface area contributed by atoms with Crippen LogP contribution in [0.2, 0.25) is 0 Å². The van der Waals surface area contributed by atoms with E-state index in [9.17, 15) is 33.3 Å². The van der Waals surface area contributed by atoms with E-state index in [0.29, 0.717) is 44.6 Å². The van der Waals surface area contributed by atoms with Crippen LogP contribution in [0.25, 0.3) is 0 Å². The van der Waals surface area contributed by atoms with Gasteiger partial charge in [-0.1, -0.05) is 50.3 Å². The lowest BCUT2D eigenvalue weighted by Crippen LogP contribution is -2.50. The third-order valence-electron chi connectivity index (χ3n) is 8.58. The summed E-state index contributed by atoms with van der Waals surface area (Å²) in [6, 6.07) is 6.16. The molecule has 2 heterocycles. The van der Waals surface area contributed by atoms with Gasteiger partial charge in [0.2, 0.25) is 10.0 Å². The number of aliphatic carboxylic acids is 1. The number of carboxylic acid groups (broad SMARTS) is 1. The number of aliphatic hydroxyl groups excluding tert-OH is 3. The second-order valence-corrected chi connectivity index (χ2v) is 14.2. The van der Waals surface area contributed by atoms with Crippen molar-refractivity contribution in [1.29, 1.82) is 0 Å². The number of hydrogen-bond donors (Lipinski definition) is 6. The molecule has 0 bridgehead atoms. The lowest BCUT2D eigenvalue weighted by atomic mass is 9.85. The van der Waals surface area contributed by atoms with Gasteiger partial charge in [-0.15, -0.1) is 0 Å². The zero-order valence-electron chi connectivity index (χ0n) is 27.7. The summed E-state index contributed by atoms with van der Waals surface area (Å²) in [5, 5.41) is 44.4. The summed E-state index contributed by atoms with van der Waals surface area (Å²) in [6.07, 6.45) is 4.61. The van der Waals surface area contributed by atoms with E-state index < -0.39 is 46.4 Å². The summed E-state index contributed by atoms with van der Waals surface area (Å²) in [4.78, 5) is 22.6. The molecule has 1 aromatic carbocycles. The van der Waals surface area contributed by atoms with Crippen molar-refractivity contribution >= 4 is 22.0 Å². The van der Waals surface area contributed by atoms with Crippen molar-refractivity contribution in [1.82, 2.24) is 0 Å². The maximum absolute atomic E-state index is 12.1. The van der Waals surface area contributed by atoms with E-state index in [1.165, 1.54) is 18.2 Å². The van der Waals surface area contributed by atoms with E-state index in [1.54, 1.807) is 26.0 Å². The van der Waals surface area contributed by atoms with Gasteiger partial charge in [-0.2, -0.15) is 0 Å². The summed E-state index contributed by atoms with van der Waals surface area (Å²) < 4.78 is 38.3. The van der Waals surface area contributed by atoms with E-state index in [4.69, 9.17) is 30.2 Å². The van der Waals surface area contributed by atoms with Gasteiger partial charge in [-0.3, -0.25) is 4.79 Å². The Hall–Kier alpha value is -2.43. The molecule has 0 amide bonds. The van der Waals surface area contributed by atoms with Crippen LogP contribution in [0.3, 0.4) is 0 Å². The second kappa shape index (κ2) is 20.2. The van der Waals surface area contributed by atoms with Crippen molar-refractivity contribution in [2.24, 2.45) is 22.7 Å². The van der Waals surface area contributed by atoms with Crippen LogP contribution >= 0.6 is 0 Å². The van der Waals surface area contributed by atoms with Crippen molar-refractivity contribution in [3.05, 3.63) is 41.5 Å². The molecule has 13 nitrogen and oxygen atoms in total. The molecule has 0 unspecified atom stereocenters. The number of unbranched alkanes of at least 4 members (excludes halogenated alkanes) is 5. The van der Waals surface area contributed by atoms with Crippen molar-refractivity contribution in [2.45, 2.75) is 127 Å². The smallest absolute Gasteiger partial charge is 0.330 e. The topological polar surface area (TPSA) is 232 Å². The summed E-state index contributed by atoms with van der Waals surface area (Å²) >= 11 is 0. The average molecular weight is 687 g/mol. The number of esters is 1. The highest BCUT2D eigenvalue weighted by atomic mass is 32.2. The molecular formula is C33H54N2O11S. The van der Waals surface area contributed by atoms with Gasteiger partial charge >= 0.3 is 11.9 Å². The molecule has 3 rings (SSSR count). The number of carbonyl (C=O) groups excluding carboxylic acids is 1. The highest BCUT2D eigenvalue weighted by molar-refractivity contribution is 7.89. The molecule has 2 aliphatic rings. The number of epoxide rings is 1. The molecule has 2 aliphatic heterocycles. The molecule has 268 valence electrons. The molecular weight excluding hydrogens is 632 g/mol. The van der Waals surface area contributed by atoms with Crippen LogP contribution in [0.4, 0.5) is 0 Å². The molecule has 8 N–H and O–H groups in total. The highest BCUT2D eigenvalue weighted by Crippen LogP contribution is 2.38. The van der Waals surface area contributed by atoms with Crippen molar-refractivity contribution in [3.8, 4) is 0 Å². The number of aliphatic hydroxyl groups is 3. The van der Waals surface area contributed by atoms with E-state index in [0.717, 1.165) is 37.7 Å². The van der Waals surface area contributed by atoms with Gasteiger partial charge in [0, 0.05) is 30.9 Å². The number of sulfonamides is 1. The number of rotatable bonds is 18. The standard InChI is InChI=1S/C26H44O9.C7H10N2O2S/c1-16(13-23(30)33-11-9-7-5-4-6-8-10-22(28)29)12-20-25(32)24(31)19(15-34-20)14-21-26(35-21)17(2)18(3)27;8-5-6-1-3-7(4-2-6)12(9,10)11/h13,17-21,24-27,31-32H,4-12,14-15H2,1-3H3,(H,28,29);1-4H,5,8H2,(H2,9,10,11)/b16-13+;/t17-,18-,19-,20-,21-,24+,25-,26-;/m0./s1. The molecule has 8 atom stereocenters. The van der Waals surface area contributed by atoms with Gasteiger partial charge in [0.25, 0.3) is 0 Å². The molecule has 0 spiro atoms. The van der Waals surface area contributed by atoms with Crippen LogP contribution in [0, 0.1) is 11.8 Å². The fourth-order valence-corrected chi connectivity index (χ4v) is 5.92. The van der Waals surface area contributed by atoms with Crippen molar-refractivity contribution < 1.29 is 52.6 Å². The predicted molar refractivity (Wildman–Crippen MR) is 174 cm³/mol. The fourth-order valence-electron chi connectivity index (χ4n) is 5.40. The summed E-state index contributed by atoms with van der Waals surface area (Å²) in [5.41, 5.74) is 6.91. The molecule has 2 saturated heterocycles. The number of benzene rings is 1. The number of carbonyl (C=O) groups is 2. The Bertz CT molecular complexity index is 1240. The molecule has 0 aromatic heterocycles. The zero-order valence-corrected chi connectivity index (χ0v) is 28.5. The van der Waals surface area contributed by atoms with Crippen molar-refractivity contribution in [2.75, 3.05) is 13.2 Å². The first-order valence-electron chi connectivity index (χ1n) is 16.3. The van der Waals surface area contributed by atoms with E-state index in [2.05, 4.69) is 0 Å². The van der Waals surface area contributed by atoms with Crippen LogP contribution in [0.5, 0.6) is 0 Å². The van der Waals surface area contributed by atoms with Gasteiger partial charge in [-0.05, 0) is 57.2 Å². The minimum Gasteiger partial charge on any atom is -0.481 e. The van der Waals surface area contributed by atoms with E-state index >= 15 is 0 Å². The highest BCUT2D eigenvalue weighted by Gasteiger charge is 2.48. The minimum atomic E-state index is -3.57. The Balaban J connectivity index is 0.000000535. The van der Waals surface area contributed by atoms with Gasteiger partial charge in [-0.25, -0.2) is 18.4 Å². The van der Waals surface area contributed by atoms with Crippen LogP contribution in [-0.4, -0.2) is 90.6 Å². The summed E-state index contributed by atoms with van der Waals surface area (Å²) in [5.74, 6) is -1.42. The Morgan fingerprint density at radius 2 is 1.64 bits per heavy atom. The van der Waals surface area contributed by atoms with Crippen LogP contribution in [0.15, 0.2) is 40.8 Å². The molecule has 47 heavy (non-hydrogen) atoms. The van der Waals surface area contributed by atoms with Crippen molar-refractivity contribution in [3.63, 3.8) is 0 Å². The first-order valence-corrected chi connectivity index (χ1v) is 17.9. The van der Waals surface area contributed by atoms with Crippen LogP contribution in [-0.2, 0) is 40.4 Å². The lowest BCUT2D eigenvalue weighted by Gasteiger charge is -2.38. The molecule has 14 heteroatoms. The third-order valence-corrected chi connectivity index (χ3v) is 9.51. The maximum Gasteiger partial charge on any atom is 0.330 e. The number of nitrogens with two attached hydrogens (primary N) is 2. The fraction of sp³-hybridized carbons (Fsp3) is 0.697. The third kappa shape index (κ3) is 15.1. The lowest BCUT2D eigenvalue weighted by molar-refractivity contribution is -0.165. The first-order chi connectivity index (χ1) is 22.1. The molecule has 0 aliphatic carbocycles. The molecule has 0 radical (unpaired) electrons. The quantitative estimate of drug-likeness (QED) is 0.0566. The zero-order chi connectivity index (χ0) is 35.1. The maximum atomic E-state index is 12.1. The van der Waals surface area contributed by atoms with E-state index in [1.807, 2.05) is 6.92 Å². The Labute approximate surface area is 278 Å². The Kier molecular flexibility index (Phi) is 17.5. The van der Waals surface area contributed by atoms with E-state index in [-0.39, 0.29) is 35.4 Å². The number of ether oxygens (including phenoxy) is 3. The molecule has 2 fully saturated rings. The van der Waals surface area contributed by atoms with Gasteiger partial charge in [0.1, 0.15) is 6.10 Å². The van der Waals surface area contributed by atoms with Gasteiger partial charge in [0.05, 0.1) is 48.6 Å². The van der Waals surface area contributed by atoms with Gasteiger partial charge < -0.3 is 40.4 Å². The molecule has 1 aromatic rings. The first kappa shape index (κ1) is 40.7. The number of carboxylic acids is 1. The SMILES string of the molecule is C/C(=C\C(=O)OCCCCCCCCC(=O)O)C[C@@H]1OC[C@H](C[C@@H]2O[C@H]2[C@@H](C)[C@H](C)O)[C@@H](O)[C@H]1O.NCc1ccc(S(N)(=O)=O)cc1. The monoisotopic (exact) mass is 686 g/mol. The Morgan fingerprint density at radius 1 is 1.02 bits per heavy atom. The predicted octanol–water partition coefficient (Wildman–Crippen LogP) is 2.39. The Morgan fingerprint density at radius 3 is 2.21 bits per heavy atom. The summed E-state index contributed by atoms with van der Waals surface area (Å²) in [7, 11) is -3.57. The van der Waals surface area contributed by atoms with Gasteiger partial charge in [0.15, 0.2) is 0 Å².